The Morgan fingerprint density at radius 3 is 2.31 bits per heavy atom. The zero-order chi connectivity index (χ0) is 23.0. The lowest BCUT2D eigenvalue weighted by Crippen LogP contribution is -2.42. The molecule has 1 amide bonds. The van der Waals surface area contributed by atoms with Crippen LogP contribution in [0.25, 0.3) is 0 Å². The molecule has 3 aromatic rings. The predicted molar refractivity (Wildman–Crippen MR) is 127 cm³/mol. The molecule has 0 spiro atoms. The molecule has 164 valence electrons. The van der Waals surface area contributed by atoms with Gasteiger partial charge < -0.3 is 10.0 Å². The molecule has 0 saturated carbocycles. The number of aliphatic hydroxyl groups is 1. The summed E-state index contributed by atoms with van der Waals surface area (Å²) in [5.41, 5.74) is 3.44. The van der Waals surface area contributed by atoms with Gasteiger partial charge in [0.15, 0.2) is 11.4 Å². The molecule has 0 fully saturated rings. The summed E-state index contributed by atoms with van der Waals surface area (Å²) in [6.45, 7) is 6.14. The first-order chi connectivity index (χ1) is 15.2. The number of rotatable bonds is 6. The number of aryl methyl sites for hydroxylation is 3. The van der Waals surface area contributed by atoms with Crippen LogP contribution in [0.1, 0.15) is 44.6 Å². The van der Waals surface area contributed by atoms with Crippen LogP contribution in [0.3, 0.4) is 0 Å². The number of carbonyl (C=O) groups excluding carboxylic acids is 2. The number of fused-ring (bicyclic) bond motifs is 1. The third-order valence-corrected chi connectivity index (χ3v) is 6.37. The number of Topliss-reactive ketones (excluding diaryl/α,β-unsaturated/α-hetero) is 1. The number of carbonyl (C=O) groups is 2. The largest absolute Gasteiger partial charge is 0.375 e. The highest BCUT2D eigenvalue weighted by Gasteiger charge is 2.51. The Morgan fingerprint density at radius 2 is 1.66 bits per heavy atom. The molecule has 0 aromatic heterocycles. The number of hydrogen-bond acceptors (Lipinski definition) is 3. The SMILES string of the molecule is Cc1cc(C)c(C(=O)CC2(O)C(=O)N(CCc3ccccc3)c3ccc(Cl)cc32)c(C)c1. The standard InChI is InChI=1S/C27H26ClNO3/c1-17-13-18(2)25(19(3)14-17)24(30)16-27(32)22-15-21(28)9-10-23(22)29(26(27)31)12-11-20-7-5-4-6-8-20/h4-10,13-15,32H,11-12,16H2,1-3H3. The summed E-state index contributed by atoms with van der Waals surface area (Å²) < 4.78 is 0. The summed E-state index contributed by atoms with van der Waals surface area (Å²) in [7, 11) is 0. The zero-order valence-electron chi connectivity index (χ0n) is 18.5. The van der Waals surface area contributed by atoms with Crippen LogP contribution in [0.15, 0.2) is 60.7 Å². The van der Waals surface area contributed by atoms with Crippen molar-refractivity contribution in [1.29, 1.82) is 0 Å². The first-order valence-corrected chi connectivity index (χ1v) is 11.1. The van der Waals surface area contributed by atoms with Crippen molar-refractivity contribution in [3.8, 4) is 0 Å². The Bertz CT molecular complexity index is 1180. The molecular formula is C27H26ClNO3. The first kappa shape index (κ1) is 22.3. The molecular weight excluding hydrogens is 422 g/mol. The quantitative estimate of drug-likeness (QED) is 0.520. The van der Waals surface area contributed by atoms with Crippen molar-refractivity contribution >= 4 is 29.0 Å². The Kier molecular flexibility index (Phi) is 5.93. The van der Waals surface area contributed by atoms with Gasteiger partial charge in [-0.1, -0.05) is 59.6 Å². The van der Waals surface area contributed by atoms with Gasteiger partial charge in [0.25, 0.3) is 5.91 Å². The second-order valence-electron chi connectivity index (χ2n) is 8.59. The Balaban J connectivity index is 1.68. The Morgan fingerprint density at radius 1 is 1.00 bits per heavy atom. The molecule has 0 radical (unpaired) electrons. The van der Waals surface area contributed by atoms with Crippen molar-refractivity contribution in [3.05, 3.63) is 99.1 Å². The van der Waals surface area contributed by atoms with Gasteiger partial charge in [-0.2, -0.15) is 0 Å². The third kappa shape index (κ3) is 3.96. The summed E-state index contributed by atoms with van der Waals surface area (Å²) in [5.74, 6) is -0.742. The molecule has 1 atom stereocenters. The van der Waals surface area contributed by atoms with Crippen molar-refractivity contribution in [2.45, 2.75) is 39.2 Å². The van der Waals surface area contributed by atoms with Gasteiger partial charge >= 0.3 is 0 Å². The van der Waals surface area contributed by atoms with Gasteiger partial charge in [0.2, 0.25) is 0 Å². The fourth-order valence-corrected chi connectivity index (χ4v) is 4.91. The van der Waals surface area contributed by atoms with Crippen LogP contribution in [0, 0.1) is 20.8 Å². The number of hydrogen-bond donors (Lipinski definition) is 1. The highest BCUT2D eigenvalue weighted by Crippen LogP contribution is 2.44. The second-order valence-corrected chi connectivity index (χ2v) is 9.02. The van der Waals surface area contributed by atoms with E-state index in [2.05, 4.69) is 0 Å². The van der Waals surface area contributed by atoms with E-state index in [4.69, 9.17) is 11.6 Å². The lowest BCUT2D eigenvalue weighted by Gasteiger charge is -2.23. The van der Waals surface area contributed by atoms with Gasteiger partial charge in [-0.05, 0) is 62.1 Å². The van der Waals surface area contributed by atoms with Gasteiger partial charge in [-0.15, -0.1) is 0 Å². The third-order valence-electron chi connectivity index (χ3n) is 6.13. The molecule has 1 aliphatic heterocycles. The predicted octanol–water partition coefficient (Wildman–Crippen LogP) is 5.32. The molecule has 1 unspecified atom stereocenters. The molecule has 0 bridgehead atoms. The van der Waals surface area contributed by atoms with E-state index in [1.165, 1.54) is 0 Å². The van der Waals surface area contributed by atoms with Gasteiger partial charge in [0.1, 0.15) is 0 Å². The van der Waals surface area contributed by atoms with E-state index in [0.29, 0.717) is 34.8 Å². The molecule has 1 N–H and O–H groups in total. The highest BCUT2D eigenvalue weighted by molar-refractivity contribution is 6.31. The van der Waals surface area contributed by atoms with Gasteiger partial charge in [0, 0.05) is 22.7 Å². The minimum Gasteiger partial charge on any atom is -0.375 e. The monoisotopic (exact) mass is 447 g/mol. The highest BCUT2D eigenvalue weighted by atomic mass is 35.5. The second kappa shape index (κ2) is 8.53. The normalized spacial score (nSPS) is 17.5. The van der Waals surface area contributed by atoms with E-state index in [1.54, 1.807) is 23.1 Å². The van der Waals surface area contributed by atoms with E-state index in [-0.39, 0.29) is 12.2 Å². The van der Waals surface area contributed by atoms with E-state index < -0.39 is 11.5 Å². The molecule has 4 nitrogen and oxygen atoms in total. The van der Waals surface area contributed by atoms with Crippen molar-refractivity contribution in [2.75, 3.05) is 11.4 Å². The Hall–Kier alpha value is -2.95. The number of amides is 1. The van der Waals surface area contributed by atoms with Crippen LogP contribution in [0.4, 0.5) is 5.69 Å². The molecule has 5 heteroatoms. The molecule has 4 rings (SSSR count). The maximum absolute atomic E-state index is 13.5. The molecule has 0 saturated heterocycles. The minimum absolute atomic E-state index is 0.258. The summed E-state index contributed by atoms with van der Waals surface area (Å²) >= 11 is 6.21. The maximum atomic E-state index is 13.5. The van der Waals surface area contributed by atoms with Gasteiger partial charge in [-0.25, -0.2) is 0 Å². The number of nitrogens with zero attached hydrogens (tertiary/aromatic N) is 1. The van der Waals surface area contributed by atoms with Crippen LogP contribution in [0.2, 0.25) is 5.02 Å². The summed E-state index contributed by atoms with van der Waals surface area (Å²) in [6.07, 6.45) is 0.306. The fraction of sp³-hybridized carbons (Fsp3) is 0.259. The molecule has 0 aliphatic carbocycles. The lowest BCUT2D eigenvalue weighted by atomic mass is 9.85. The smallest absolute Gasteiger partial charge is 0.264 e. The maximum Gasteiger partial charge on any atom is 0.264 e. The number of benzene rings is 3. The fourth-order valence-electron chi connectivity index (χ4n) is 4.74. The molecule has 1 aliphatic rings. The summed E-state index contributed by atoms with van der Waals surface area (Å²) in [4.78, 5) is 28.4. The van der Waals surface area contributed by atoms with Crippen LogP contribution < -0.4 is 4.90 Å². The van der Waals surface area contributed by atoms with Crippen molar-refractivity contribution in [2.24, 2.45) is 0 Å². The van der Waals surface area contributed by atoms with Crippen molar-refractivity contribution in [3.63, 3.8) is 0 Å². The van der Waals surface area contributed by atoms with Gasteiger partial charge in [0.05, 0.1) is 12.1 Å². The van der Waals surface area contributed by atoms with Gasteiger partial charge in [-0.3, -0.25) is 9.59 Å². The summed E-state index contributed by atoms with van der Waals surface area (Å²) in [6, 6.07) is 18.8. The van der Waals surface area contributed by atoms with Crippen molar-refractivity contribution in [1.82, 2.24) is 0 Å². The van der Waals surface area contributed by atoms with Crippen LogP contribution in [-0.4, -0.2) is 23.3 Å². The first-order valence-electron chi connectivity index (χ1n) is 10.7. The van der Waals surface area contributed by atoms with E-state index >= 15 is 0 Å². The van der Waals surface area contributed by atoms with E-state index in [0.717, 1.165) is 22.3 Å². The number of ketones is 1. The van der Waals surface area contributed by atoms with Crippen LogP contribution >= 0.6 is 11.6 Å². The van der Waals surface area contributed by atoms with E-state index in [9.17, 15) is 14.7 Å². The van der Waals surface area contributed by atoms with Crippen LogP contribution in [-0.2, 0) is 16.8 Å². The average Bonchev–Trinajstić information content (AvgIpc) is 2.93. The van der Waals surface area contributed by atoms with E-state index in [1.807, 2.05) is 63.2 Å². The molecule has 1 heterocycles. The Labute approximate surface area is 193 Å². The topological polar surface area (TPSA) is 57.6 Å². The zero-order valence-corrected chi connectivity index (χ0v) is 19.2. The van der Waals surface area contributed by atoms with Crippen LogP contribution in [0.5, 0.6) is 0 Å². The minimum atomic E-state index is -1.95. The molecule has 32 heavy (non-hydrogen) atoms. The lowest BCUT2D eigenvalue weighted by molar-refractivity contribution is -0.135. The number of halogens is 1. The molecule has 3 aromatic carbocycles. The average molecular weight is 448 g/mol. The number of anilines is 1. The van der Waals surface area contributed by atoms with Crippen molar-refractivity contribution < 1.29 is 14.7 Å². The summed E-state index contributed by atoms with van der Waals surface area (Å²) in [5, 5.41) is 12.0.